The van der Waals surface area contributed by atoms with Crippen molar-refractivity contribution in [1.82, 2.24) is 4.98 Å². The van der Waals surface area contributed by atoms with Gasteiger partial charge in [-0.15, -0.1) is 11.3 Å². The van der Waals surface area contributed by atoms with Crippen LogP contribution < -0.4 is 5.73 Å². The standard InChI is InChI=1S/C5H8N2S2/c1-3-4(2-8)9-5(6)7-3/h8H,2H2,1H3,(H2,6,7). The third kappa shape index (κ3) is 1.37. The highest BCUT2D eigenvalue weighted by atomic mass is 32.1. The number of nitrogens with two attached hydrogens (primary N) is 1. The first-order chi connectivity index (χ1) is 4.24. The zero-order chi connectivity index (χ0) is 6.85. The maximum Gasteiger partial charge on any atom is 0.180 e. The highest BCUT2D eigenvalue weighted by molar-refractivity contribution is 7.79. The second-order valence-electron chi connectivity index (χ2n) is 1.72. The van der Waals surface area contributed by atoms with E-state index in [1.807, 2.05) is 6.92 Å². The minimum atomic E-state index is 0.636. The molecule has 2 nitrogen and oxygen atoms in total. The number of hydrogen-bond acceptors (Lipinski definition) is 4. The Morgan fingerprint density at radius 1 is 1.78 bits per heavy atom. The minimum absolute atomic E-state index is 0.636. The molecule has 0 bridgehead atoms. The molecule has 0 radical (unpaired) electrons. The van der Waals surface area contributed by atoms with E-state index in [4.69, 9.17) is 5.73 Å². The average Bonchev–Trinajstić information content (AvgIpc) is 2.10. The summed E-state index contributed by atoms with van der Waals surface area (Å²) < 4.78 is 0. The van der Waals surface area contributed by atoms with E-state index in [1.165, 1.54) is 11.3 Å². The Hall–Kier alpha value is -0.220. The largest absolute Gasteiger partial charge is 0.375 e. The van der Waals surface area contributed by atoms with Crippen molar-refractivity contribution in [3.63, 3.8) is 0 Å². The zero-order valence-corrected chi connectivity index (χ0v) is 6.80. The number of thiol groups is 1. The number of aromatic nitrogens is 1. The summed E-state index contributed by atoms with van der Waals surface area (Å²) >= 11 is 5.61. The fraction of sp³-hybridized carbons (Fsp3) is 0.400. The molecule has 0 spiro atoms. The van der Waals surface area contributed by atoms with Gasteiger partial charge in [0, 0.05) is 10.6 Å². The van der Waals surface area contributed by atoms with Crippen molar-refractivity contribution >= 4 is 29.1 Å². The first-order valence-electron chi connectivity index (χ1n) is 2.56. The van der Waals surface area contributed by atoms with Crippen molar-refractivity contribution < 1.29 is 0 Å². The van der Waals surface area contributed by atoms with Gasteiger partial charge in [0.2, 0.25) is 0 Å². The third-order valence-corrected chi connectivity index (χ3v) is 2.57. The summed E-state index contributed by atoms with van der Waals surface area (Å²) in [5.74, 6) is 0.737. The maximum absolute atomic E-state index is 5.43. The number of nitrogen functional groups attached to an aromatic ring is 1. The fourth-order valence-electron chi connectivity index (χ4n) is 0.597. The van der Waals surface area contributed by atoms with Crippen LogP contribution in [0.2, 0.25) is 0 Å². The summed E-state index contributed by atoms with van der Waals surface area (Å²) in [5, 5.41) is 0.636. The molecule has 2 N–H and O–H groups in total. The third-order valence-electron chi connectivity index (χ3n) is 1.05. The Kier molecular flexibility index (Phi) is 1.97. The van der Waals surface area contributed by atoms with Crippen LogP contribution in [0, 0.1) is 6.92 Å². The van der Waals surface area contributed by atoms with Crippen LogP contribution >= 0.6 is 24.0 Å². The Bertz CT molecular complexity index is 207. The SMILES string of the molecule is Cc1nc(N)sc1CS. The summed E-state index contributed by atoms with van der Waals surface area (Å²) in [6.45, 7) is 1.94. The zero-order valence-electron chi connectivity index (χ0n) is 5.09. The van der Waals surface area contributed by atoms with Crippen LogP contribution in [-0.2, 0) is 5.75 Å². The summed E-state index contributed by atoms with van der Waals surface area (Å²) in [5.41, 5.74) is 6.44. The smallest absolute Gasteiger partial charge is 0.180 e. The van der Waals surface area contributed by atoms with Crippen molar-refractivity contribution in [1.29, 1.82) is 0 Å². The first kappa shape index (κ1) is 6.89. The molecule has 0 aliphatic rings. The lowest BCUT2D eigenvalue weighted by atomic mass is 10.4. The molecule has 0 aromatic carbocycles. The van der Waals surface area contributed by atoms with Gasteiger partial charge in [0.25, 0.3) is 0 Å². The van der Waals surface area contributed by atoms with Crippen LogP contribution in [0.3, 0.4) is 0 Å². The van der Waals surface area contributed by atoms with Crippen LogP contribution in [0.15, 0.2) is 0 Å². The van der Waals surface area contributed by atoms with Crippen LogP contribution in [0.4, 0.5) is 5.13 Å². The molecule has 1 aromatic rings. The van der Waals surface area contributed by atoms with E-state index >= 15 is 0 Å². The maximum atomic E-state index is 5.43. The number of thiazole rings is 1. The second kappa shape index (κ2) is 2.58. The van der Waals surface area contributed by atoms with Crippen LogP contribution in [-0.4, -0.2) is 4.98 Å². The Balaban J connectivity index is 3.01. The van der Waals surface area contributed by atoms with Gasteiger partial charge in [-0.25, -0.2) is 4.98 Å². The van der Waals surface area contributed by atoms with E-state index in [9.17, 15) is 0 Å². The highest BCUT2D eigenvalue weighted by Crippen LogP contribution is 2.20. The number of nitrogens with zero attached hydrogens (tertiary/aromatic N) is 1. The Morgan fingerprint density at radius 3 is 2.67 bits per heavy atom. The lowest BCUT2D eigenvalue weighted by Crippen LogP contribution is -1.80. The molecule has 0 atom stereocenters. The lowest BCUT2D eigenvalue weighted by Gasteiger charge is -1.84. The van der Waals surface area contributed by atoms with Crippen molar-refractivity contribution in [2.45, 2.75) is 12.7 Å². The molecule has 1 rings (SSSR count). The topological polar surface area (TPSA) is 38.9 Å². The van der Waals surface area contributed by atoms with Crippen LogP contribution in [0.1, 0.15) is 10.6 Å². The van der Waals surface area contributed by atoms with Gasteiger partial charge in [-0.3, -0.25) is 0 Å². The molecule has 0 fully saturated rings. The molecule has 0 saturated heterocycles. The molecule has 4 heteroatoms. The Morgan fingerprint density at radius 2 is 2.44 bits per heavy atom. The lowest BCUT2D eigenvalue weighted by molar-refractivity contribution is 1.23. The predicted molar refractivity (Wildman–Crippen MR) is 44.0 cm³/mol. The number of hydrogen-bond donors (Lipinski definition) is 2. The van der Waals surface area contributed by atoms with Crippen molar-refractivity contribution in [3.05, 3.63) is 10.6 Å². The Labute approximate surface area is 63.5 Å². The quantitative estimate of drug-likeness (QED) is 0.610. The van der Waals surface area contributed by atoms with Gasteiger partial charge >= 0.3 is 0 Å². The van der Waals surface area contributed by atoms with Gasteiger partial charge in [0.1, 0.15) is 0 Å². The van der Waals surface area contributed by atoms with E-state index < -0.39 is 0 Å². The molecule has 0 unspecified atom stereocenters. The molecule has 1 aromatic heterocycles. The molecule has 50 valence electrons. The van der Waals surface area contributed by atoms with Gasteiger partial charge in [-0.2, -0.15) is 12.6 Å². The molecule has 9 heavy (non-hydrogen) atoms. The average molecular weight is 160 g/mol. The van der Waals surface area contributed by atoms with E-state index in [-0.39, 0.29) is 0 Å². The molecule has 1 heterocycles. The number of aryl methyl sites for hydroxylation is 1. The molecular weight excluding hydrogens is 152 g/mol. The summed E-state index contributed by atoms with van der Waals surface area (Å²) in [6, 6.07) is 0. The first-order valence-corrected chi connectivity index (χ1v) is 4.01. The highest BCUT2D eigenvalue weighted by Gasteiger charge is 2.00. The second-order valence-corrected chi connectivity index (χ2v) is 3.15. The summed E-state index contributed by atoms with van der Waals surface area (Å²) in [6.07, 6.45) is 0. The van der Waals surface area contributed by atoms with Crippen LogP contribution in [0.5, 0.6) is 0 Å². The fourth-order valence-corrected chi connectivity index (χ4v) is 1.71. The van der Waals surface area contributed by atoms with Gasteiger partial charge < -0.3 is 5.73 Å². The van der Waals surface area contributed by atoms with E-state index in [0.717, 1.165) is 16.3 Å². The minimum Gasteiger partial charge on any atom is -0.375 e. The van der Waals surface area contributed by atoms with Crippen LogP contribution in [0.25, 0.3) is 0 Å². The molecule has 0 aliphatic heterocycles. The van der Waals surface area contributed by atoms with Crippen molar-refractivity contribution in [3.8, 4) is 0 Å². The van der Waals surface area contributed by atoms with E-state index in [0.29, 0.717) is 5.13 Å². The molecule has 0 aliphatic carbocycles. The molecular formula is C5H8N2S2. The van der Waals surface area contributed by atoms with Gasteiger partial charge in [-0.1, -0.05) is 0 Å². The summed E-state index contributed by atoms with van der Waals surface area (Å²) in [7, 11) is 0. The summed E-state index contributed by atoms with van der Waals surface area (Å²) in [4.78, 5) is 5.19. The number of anilines is 1. The van der Waals surface area contributed by atoms with Gasteiger partial charge in [0.05, 0.1) is 5.69 Å². The van der Waals surface area contributed by atoms with E-state index in [1.54, 1.807) is 0 Å². The predicted octanol–water partition coefficient (Wildman–Crippen LogP) is 1.46. The van der Waals surface area contributed by atoms with Gasteiger partial charge in [-0.05, 0) is 6.92 Å². The van der Waals surface area contributed by atoms with E-state index in [2.05, 4.69) is 17.6 Å². The molecule has 0 saturated carbocycles. The number of rotatable bonds is 1. The van der Waals surface area contributed by atoms with Gasteiger partial charge in [0.15, 0.2) is 5.13 Å². The monoisotopic (exact) mass is 160 g/mol. The molecule has 0 amide bonds. The van der Waals surface area contributed by atoms with Crippen molar-refractivity contribution in [2.75, 3.05) is 5.73 Å². The normalized spacial score (nSPS) is 10.0. The van der Waals surface area contributed by atoms with Crippen molar-refractivity contribution in [2.24, 2.45) is 0 Å².